The molecule has 0 saturated heterocycles. The number of thioether (sulfide) groups is 1. The summed E-state index contributed by atoms with van der Waals surface area (Å²) in [5.74, 6) is 2.72. The molecule has 1 aliphatic carbocycles. The lowest BCUT2D eigenvalue weighted by molar-refractivity contribution is -0.127. The zero-order chi connectivity index (χ0) is 20.2. The number of methoxy groups -OCH3 is 1. The highest BCUT2D eigenvalue weighted by molar-refractivity contribution is 7.99. The number of fused-ring (bicyclic) bond motifs is 1. The lowest BCUT2D eigenvalue weighted by Crippen LogP contribution is -2.27. The van der Waals surface area contributed by atoms with Crippen molar-refractivity contribution in [3.8, 4) is 5.75 Å². The number of hydrogen-bond acceptors (Lipinski definition) is 5. The summed E-state index contributed by atoms with van der Waals surface area (Å²) in [6.45, 7) is 0.572. The van der Waals surface area contributed by atoms with Crippen LogP contribution >= 0.6 is 11.8 Å². The van der Waals surface area contributed by atoms with Gasteiger partial charge in [0.2, 0.25) is 11.1 Å². The van der Waals surface area contributed by atoms with Crippen LogP contribution in [0.2, 0.25) is 0 Å². The second-order valence-electron chi connectivity index (χ2n) is 7.57. The van der Waals surface area contributed by atoms with Gasteiger partial charge in [-0.3, -0.25) is 9.89 Å². The molecule has 4 rings (SSSR count). The summed E-state index contributed by atoms with van der Waals surface area (Å²) in [6, 6.07) is 12.3. The van der Waals surface area contributed by atoms with Crippen molar-refractivity contribution < 1.29 is 9.53 Å². The van der Waals surface area contributed by atoms with Gasteiger partial charge >= 0.3 is 0 Å². The standard InChI is InChI=1S/C22H26N4O2S/c1-26(13-15-7-8-18-12-19(28-2)10-9-17(18)11-15)20(27)14-29-22-23-21(24-25-22)16-5-3-4-6-16/h7-12,16H,3-6,13-14H2,1-2H3,(H,23,24,25). The van der Waals surface area contributed by atoms with Crippen molar-refractivity contribution in [2.75, 3.05) is 19.9 Å². The van der Waals surface area contributed by atoms with Gasteiger partial charge < -0.3 is 9.64 Å². The van der Waals surface area contributed by atoms with Crippen LogP contribution in [0.4, 0.5) is 0 Å². The Labute approximate surface area is 175 Å². The summed E-state index contributed by atoms with van der Waals surface area (Å²) in [4.78, 5) is 18.9. The Bertz CT molecular complexity index is 997. The van der Waals surface area contributed by atoms with Crippen molar-refractivity contribution in [2.45, 2.75) is 43.3 Å². The van der Waals surface area contributed by atoms with Crippen LogP contribution in [0.5, 0.6) is 5.75 Å². The molecule has 29 heavy (non-hydrogen) atoms. The van der Waals surface area contributed by atoms with Gasteiger partial charge in [-0.05, 0) is 47.4 Å². The number of nitrogens with zero attached hydrogens (tertiary/aromatic N) is 3. The summed E-state index contributed by atoms with van der Waals surface area (Å²) < 4.78 is 5.27. The van der Waals surface area contributed by atoms with Gasteiger partial charge in [-0.2, -0.15) is 0 Å². The summed E-state index contributed by atoms with van der Waals surface area (Å²) >= 11 is 1.40. The van der Waals surface area contributed by atoms with Gasteiger partial charge in [0, 0.05) is 19.5 Å². The molecule has 1 fully saturated rings. The fourth-order valence-electron chi connectivity index (χ4n) is 3.80. The summed E-state index contributed by atoms with van der Waals surface area (Å²) in [6.07, 6.45) is 4.89. The fourth-order valence-corrected chi connectivity index (χ4v) is 4.55. The number of aromatic nitrogens is 3. The number of carbonyl (C=O) groups excluding carboxylic acids is 1. The molecule has 1 aromatic heterocycles. The molecule has 1 heterocycles. The number of rotatable bonds is 7. The van der Waals surface area contributed by atoms with Crippen LogP contribution in [0.1, 0.15) is 43.0 Å². The molecule has 1 aliphatic rings. The maximum Gasteiger partial charge on any atom is 0.233 e. The van der Waals surface area contributed by atoms with Crippen LogP contribution in [0.25, 0.3) is 10.8 Å². The molecular formula is C22H26N4O2S. The van der Waals surface area contributed by atoms with Crippen LogP contribution in [0.15, 0.2) is 41.6 Å². The van der Waals surface area contributed by atoms with Gasteiger partial charge in [-0.15, -0.1) is 5.10 Å². The zero-order valence-electron chi connectivity index (χ0n) is 16.9. The molecule has 7 heteroatoms. The average molecular weight is 411 g/mol. The summed E-state index contributed by atoms with van der Waals surface area (Å²) in [5, 5.41) is 10.2. The molecule has 1 amide bonds. The summed E-state index contributed by atoms with van der Waals surface area (Å²) in [5.41, 5.74) is 1.10. The van der Waals surface area contributed by atoms with E-state index in [0.29, 0.717) is 23.4 Å². The van der Waals surface area contributed by atoms with Crippen LogP contribution in [0, 0.1) is 0 Å². The Morgan fingerprint density at radius 3 is 2.76 bits per heavy atom. The quantitative estimate of drug-likeness (QED) is 0.586. The van der Waals surface area contributed by atoms with Gasteiger partial charge in [0.05, 0.1) is 12.9 Å². The predicted molar refractivity (Wildman–Crippen MR) is 115 cm³/mol. The van der Waals surface area contributed by atoms with Gasteiger partial charge in [-0.25, -0.2) is 4.98 Å². The molecule has 3 aromatic rings. The Balaban J connectivity index is 1.32. The first-order valence-electron chi connectivity index (χ1n) is 9.98. The maximum absolute atomic E-state index is 12.6. The Kier molecular flexibility index (Phi) is 6.04. The Morgan fingerprint density at radius 2 is 1.97 bits per heavy atom. The minimum absolute atomic E-state index is 0.0667. The third-order valence-corrected chi connectivity index (χ3v) is 6.34. The van der Waals surface area contributed by atoms with E-state index in [1.165, 1.54) is 37.4 Å². The second-order valence-corrected chi connectivity index (χ2v) is 8.51. The van der Waals surface area contributed by atoms with Crippen molar-refractivity contribution in [1.82, 2.24) is 20.1 Å². The SMILES string of the molecule is COc1ccc2cc(CN(C)C(=O)CSc3n[nH]c(C4CCCC4)n3)ccc2c1. The predicted octanol–water partition coefficient (Wildman–Crippen LogP) is 4.37. The summed E-state index contributed by atoms with van der Waals surface area (Å²) in [7, 11) is 3.51. The molecule has 1 N–H and O–H groups in total. The first-order chi connectivity index (χ1) is 14.1. The molecule has 152 valence electrons. The number of carbonyl (C=O) groups is 1. The van der Waals surface area contributed by atoms with Crippen molar-refractivity contribution in [1.29, 1.82) is 0 Å². The molecule has 0 unspecified atom stereocenters. The van der Waals surface area contributed by atoms with Gasteiger partial charge in [0.15, 0.2) is 0 Å². The van der Waals surface area contributed by atoms with Gasteiger partial charge in [0.25, 0.3) is 0 Å². The van der Waals surface area contributed by atoms with E-state index in [1.807, 2.05) is 25.2 Å². The maximum atomic E-state index is 12.6. The third-order valence-electron chi connectivity index (χ3n) is 5.51. The van der Waals surface area contributed by atoms with E-state index >= 15 is 0 Å². The van der Waals surface area contributed by atoms with E-state index in [9.17, 15) is 4.79 Å². The number of amides is 1. The number of ether oxygens (including phenoxy) is 1. The highest BCUT2D eigenvalue weighted by Gasteiger charge is 2.21. The van der Waals surface area contributed by atoms with E-state index in [4.69, 9.17) is 4.74 Å². The highest BCUT2D eigenvalue weighted by atomic mass is 32.2. The molecule has 2 aromatic carbocycles. The lowest BCUT2D eigenvalue weighted by Gasteiger charge is -2.17. The lowest BCUT2D eigenvalue weighted by atomic mass is 10.1. The van der Waals surface area contributed by atoms with E-state index < -0.39 is 0 Å². The molecule has 1 saturated carbocycles. The Morgan fingerprint density at radius 1 is 1.21 bits per heavy atom. The Hall–Kier alpha value is -2.54. The van der Waals surface area contributed by atoms with E-state index in [0.717, 1.165) is 27.9 Å². The van der Waals surface area contributed by atoms with Gasteiger partial charge in [0.1, 0.15) is 11.6 Å². The first kappa shape index (κ1) is 19.8. The highest BCUT2D eigenvalue weighted by Crippen LogP contribution is 2.32. The number of nitrogens with one attached hydrogen (secondary N) is 1. The van der Waals surface area contributed by atoms with Crippen molar-refractivity contribution >= 4 is 28.4 Å². The molecule has 0 spiro atoms. The minimum Gasteiger partial charge on any atom is -0.497 e. The van der Waals surface area contributed by atoms with Crippen molar-refractivity contribution in [3.05, 3.63) is 47.8 Å². The van der Waals surface area contributed by atoms with E-state index in [2.05, 4.69) is 33.4 Å². The number of aromatic amines is 1. The molecule has 0 bridgehead atoms. The second kappa shape index (κ2) is 8.86. The van der Waals surface area contributed by atoms with Crippen LogP contribution in [-0.2, 0) is 11.3 Å². The molecule has 0 atom stereocenters. The molecule has 6 nitrogen and oxygen atoms in total. The topological polar surface area (TPSA) is 71.1 Å². The van der Waals surface area contributed by atoms with Crippen LogP contribution in [-0.4, -0.2) is 45.9 Å². The third kappa shape index (κ3) is 4.72. The van der Waals surface area contributed by atoms with Crippen LogP contribution < -0.4 is 4.74 Å². The van der Waals surface area contributed by atoms with Crippen LogP contribution in [0.3, 0.4) is 0 Å². The number of benzene rings is 2. The van der Waals surface area contributed by atoms with E-state index in [1.54, 1.807) is 12.0 Å². The fraction of sp³-hybridized carbons (Fsp3) is 0.409. The number of H-pyrrole nitrogens is 1. The van der Waals surface area contributed by atoms with E-state index in [-0.39, 0.29) is 5.91 Å². The smallest absolute Gasteiger partial charge is 0.233 e. The average Bonchev–Trinajstić information content (AvgIpc) is 3.43. The first-order valence-corrected chi connectivity index (χ1v) is 11.0. The number of hydrogen-bond donors (Lipinski definition) is 1. The minimum atomic E-state index is 0.0667. The van der Waals surface area contributed by atoms with Crippen molar-refractivity contribution in [3.63, 3.8) is 0 Å². The molecule has 0 radical (unpaired) electrons. The largest absolute Gasteiger partial charge is 0.497 e. The normalized spacial score (nSPS) is 14.4. The van der Waals surface area contributed by atoms with Crippen molar-refractivity contribution in [2.24, 2.45) is 0 Å². The van der Waals surface area contributed by atoms with Gasteiger partial charge in [-0.1, -0.05) is 42.8 Å². The monoisotopic (exact) mass is 410 g/mol. The molecular weight excluding hydrogens is 384 g/mol. The molecule has 0 aliphatic heterocycles. The zero-order valence-corrected chi connectivity index (χ0v) is 17.7.